The zero-order valence-corrected chi connectivity index (χ0v) is 18.5. The van der Waals surface area contributed by atoms with Gasteiger partial charge in [0.25, 0.3) is 0 Å². The van der Waals surface area contributed by atoms with Crippen LogP contribution in [0.3, 0.4) is 0 Å². The third kappa shape index (κ3) is 19.3. The fourth-order valence-corrected chi connectivity index (χ4v) is 2.30. The highest BCUT2D eigenvalue weighted by Gasteiger charge is 2.08. The Hall–Kier alpha value is -2.41. The number of hydrogen-bond acceptors (Lipinski definition) is 6. The summed E-state index contributed by atoms with van der Waals surface area (Å²) in [7, 11) is 0. The summed E-state index contributed by atoms with van der Waals surface area (Å²) in [5.41, 5.74) is 0. The molecule has 0 aromatic rings. The van der Waals surface area contributed by atoms with Crippen molar-refractivity contribution >= 4 is 5.97 Å². The molecule has 0 aromatic heterocycles. The first-order chi connectivity index (χ1) is 15.0. The first kappa shape index (κ1) is 28.6. The molecule has 0 bridgehead atoms. The molecule has 0 amide bonds. The Morgan fingerprint density at radius 1 is 0.968 bits per heavy atom. The number of aliphatic hydroxyl groups excluding tert-OH is 4. The third-order valence-corrected chi connectivity index (χ3v) is 4.02. The molecule has 0 fully saturated rings. The lowest BCUT2D eigenvalue weighted by molar-refractivity contribution is -0.143. The molecule has 0 aromatic carbocycles. The minimum absolute atomic E-state index is 0.0269. The van der Waals surface area contributed by atoms with Gasteiger partial charge in [-0.25, -0.2) is 0 Å². The maximum Gasteiger partial charge on any atom is 0.306 e. The van der Waals surface area contributed by atoms with Gasteiger partial charge in [-0.15, -0.1) is 0 Å². The molecule has 2 atom stereocenters. The third-order valence-electron chi connectivity index (χ3n) is 4.02. The molecule has 6 heteroatoms. The van der Waals surface area contributed by atoms with Gasteiger partial charge in [0.1, 0.15) is 11.9 Å². The van der Waals surface area contributed by atoms with Gasteiger partial charge in [-0.2, -0.15) is 0 Å². The Labute approximate surface area is 186 Å². The number of rotatable bonds is 17. The van der Waals surface area contributed by atoms with E-state index in [9.17, 15) is 20.1 Å². The minimum Gasteiger partial charge on any atom is -0.510 e. The summed E-state index contributed by atoms with van der Waals surface area (Å²) < 4.78 is 4.88. The smallest absolute Gasteiger partial charge is 0.306 e. The van der Waals surface area contributed by atoms with Crippen LogP contribution in [0.1, 0.15) is 51.9 Å². The molecule has 174 valence electrons. The highest BCUT2D eigenvalue weighted by molar-refractivity contribution is 5.69. The average molecular weight is 435 g/mol. The van der Waals surface area contributed by atoms with E-state index in [4.69, 9.17) is 9.84 Å². The summed E-state index contributed by atoms with van der Waals surface area (Å²) in [6.45, 7) is 2.21. The fraction of sp³-hybridized carbons (Fsp3) is 0.480. The predicted molar refractivity (Wildman–Crippen MR) is 124 cm³/mol. The average Bonchev–Trinajstić information content (AvgIpc) is 2.75. The lowest BCUT2D eigenvalue weighted by Crippen LogP contribution is -2.10. The van der Waals surface area contributed by atoms with Gasteiger partial charge in [0, 0.05) is 19.4 Å². The van der Waals surface area contributed by atoms with Crippen molar-refractivity contribution < 1.29 is 30.0 Å². The van der Waals surface area contributed by atoms with Crippen molar-refractivity contribution in [1.29, 1.82) is 0 Å². The van der Waals surface area contributed by atoms with Gasteiger partial charge in [0.2, 0.25) is 0 Å². The molecule has 0 radical (unpaired) electrons. The molecule has 4 N–H and O–H groups in total. The Morgan fingerprint density at radius 2 is 1.68 bits per heavy atom. The standard InChI is InChI=1S/C25H38O6/c1-2-3-10-15-22(27)16-11-8-6-4-5-7-9-12-17-23(28)24(29)18-13-19-25(30)31-21-14-20-26/h3-11,16,18,22-23,26-29H,2,12-15,17,19-21H2,1H3/b5-4+,8-6-,9-7+,10-3+,16-11+,24-18+/t22-,23+/m1/s1. The van der Waals surface area contributed by atoms with Crippen molar-refractivity contribution in [1.82, 2.24) is 0 Å². The number of carbonyl (C=O) groups is 1. The minimum atomic E-state index is -0.970. The second-order valence-corrected chi connectivity index (χ2v) is 6.82. The molecule has 0 unspecified atom stereocenters. The van der Waals surface area contributed by atoms with Crippen LogP contribution in [0.2, 0.25) is 0 Å². The molecule has 0 saturated heterocycles. The van der Waals surface area contributed by atoms with Crippen molar-refractivity contribution in [2.75, 3.05) is 13.2 Å². The number of allylic oxidation sites excluding steroid dienone is 9. The molecular formula is C25H38O6. The maximum absolute atomic E-state index is 11.4. The van der Waals surface area contributed by atoms with Crippen LogP contribution in [-0.4, -0.2) is 51.8 Å². The van der Waals surface area contributed by atoms with E-state index in [1.807, 2.05) is 48.6 Å². The summed E-state index contributed by atoms with van der Waals surface area (Å²) >= 11 is 0. The van der Waals surface area contributed by atoms with E-state index in [1.54, 1.807) is 12.2 Å². The van der Waals surface area contributed by atoms with Crippen molar-refractivity contribution in [3.8, 4) is 0 Å². The van der Waals surface area contributed by atoms with Gasteiger partial charge in [-0.3, -0.25) is 4.79 Å². The van der Waals surface area contributed by atoms with Gasteiger partial charge in [0.05, 0.1) is 12.7 Å². The molecule has 0 aliphatic carbocycles. The van der Waals surface area contributed by atoms with E-state index in [0.29, 0.717) is 25.7 Å². The van der Waals surface area contributed by atoms with Gasteiger partial charge >= 0.3 is 5.97 Å². The van der Waals surface area contributed by atoms with E-state index in [0.717, 1.165) is 6.42 Å². The van der Waals surface area contributed by atoms with E-state index < -0.39 is 18.2 Å². The molecular weight excluding hydrogens is 396 g/mol. The molecule has 6 nitrogen and oxygen atoms in total. The second kappa shape index (κ2) is 20.8. The first-order valence-electron chi connectivity index (χ1n) is 10.8. The number of esters is 1. The summed E-state index contributed by atoms with van der Waals surface area (Å²) in [5.74, 6) is -0.541. The Morgan fingerprint density at radius 3 is 2.39 bits per heavy atom. The van der Waals surface area contributed by atoms with Gasteiger partial charge in [0.15, 0.2) is 0 Å². The normalized spacial score (nSPS) is 15.2. The summed E-state index contributed by atoms with van der Waals surface area (Å²) in [5, 5.41) is 38.0. The fourth-order valence-electron chi connectivity index (χ4n) is 2.30. The highest BCUT2D eigenvalue weighted by atomic mass is 16.5. The molecule has 0 aliphatic rings. The van der Waals surface area contributed by atoms with Gasteiger partial charge in [-0.05, 0) is 38.2 Å². The number of aliphatic hydroxyl groups is 4. The molecule has 0 rings (SSSR count). The van der Waals surface area contributed by atoms with Crippen molar-refractivity contribution in [2.24, 2.45) is 0 Å². The van der Waals surface area contributed by atoms with E-state index in [2.05, 4.69) is 6.92 Å². The highest BCUT2D eigenvalue weighted by Crippen LogP contribution is 2.09. The van der Waals surface area contributed by atoms with Crippen LogP contribution in [0.15, 0.2) is 72.6 Å². The predicted octanol–water partition coefficient (Wildman–Crippen LogP) is 4.22. The molecule has 31 heavy (non-hydrogen) atoms. The van der Waals surface area contributed by atoms with Crippen LogP contribution in [0.5, 0.6) is 0 Å². The van der Waals surface area contributed by atoms with Crippen molar-refractivity contribution in [3.05, 3.63) is 72.6 Å². The monoisotopic (exact) mass is 434 g/mol. The zero-order chi connectivity index (χ0) is 23.2. The topological polar surface area (TPSA) is 107 Å². The van der Waals surface area contributed by atoms with Crippen LogP contribution in [-0.2, 0) is 9.53 Å². The van der Waals surface area contributed by atoms with Crippen LogP contribution in [0.25, 0.3) is 0 Å². The number of carbonyl (C=O) groups excluding carboxylic acids is 1. The molecule has 0 heterocycles. The summed E-state index contributed by atoms with van der Waals surface area (Å²) in [4.78, 5) is 11.4. The van der Waals surface area contributed by atoms with Gasteiger partial charge in [-0.1, -0.05) is 67.7 Å². The number of ether oxygens (including phenoxy) is 1. The molecule has 0 saturated carbocycles. The largest absolute Gasteiger partial charge is 0.510 e. The Bertz CT molecular complexity index is 628. The lowest BCUT2D eigenvalue weighted by atomic mass is 10.1. The van der Waals surface area contributed by atoms with Crippen molar-refractivity contribution in [2.45, 2.75) is 64.1 Å². The summed E-state index contributed by atoms with van der Waals surface area (Å²) in [6.07, 6.45) is 22.0. The van der Waals surface area contributed by atoms with Crippen LogP contribution in [0, 0.1) is 0 Å². The van der Waals surface area contributed by atoms with Crippen molar-refractivity contribution in [3.63, 3.8) is 0 Å². The number of hydrogen-bond donors (Lipinski definition) is 4. The Balaban J connectivity index is 3.99. The molecule has 0 aliphatic heterocycles. The van der Waals surface area contributed by atoms with Crippen LogP contribution in [0.4, 0.5) is 0 Å². The Kier molecular flexibility index (Phi) is 19.2. The van der Waals surface area contributed by atoms with E-state index in [1.165, 1.54) is 6.08 Å². The van der Waals surface area contributed by atoms with Crippen LogP contribution >= 0.6 is 0 Å². The van der Waals surface area contributed by atoms with E-state index in [-0.39, 0.29) is 31.8 Å². The zero-order valence-electron chi connectivity index (χ0n) is 18.5. The second-order valence-electron chi connectivity index (χ2n) is 6.82. The van der Waals surface area contributed by atoms with E-state index >= 15 is 0 Å². The van der Waals surface area contributed by atoms with Crippen LogP contribution < -0.4 is 0 Å². The maximum atomic E-state index is 11.4. The first-order valence-corrected chi connectivity index (χ1v) is 10.8. The molecule has 0 spiro atoms. The van der Waals surface area contributed by atoms with Gasteiger partial charge < -0.3 is 25.2 Å². The summed E-state index contributed by atoms with van der Waals surface area (Å²) in [6, 6.07) is 0. The SMILES string of the molecule is CC/C=C/C[C@@H](O)/C=C/C=C\C=C\C=C\CC[C@H](O)/C(O)=C\CCC(=O)OCCCO. The quantitative estimate of drug-likeness (QED) is 0.0898. The lowest BCUT2D eigenvalue weighted by Gasteiger charge is -2.08.